The first-order valence-electron chi connectivity index (χ1n) is 5.05. The molecule has 2 aromatic rings. The van der Waals surface area contributed by atoms with Crippen LogP contribution in [0.25, 0.3) is 10.9 Å². The number of fused-ring (bicyclic) bond motifs is 1. The van der Waals surface area contributed by atoms with Gasteiger partial charge in [-0.3, -0.25) is 0 Å². The molecular formula is C12H11N3O2. The van der Waals surface area contributed by atoms with Crippen LogP contribution < -0.4 is 5.32 Å². The Hall–Kier alpha value is -2.43. The number of hydrogen-bond donors (Lipinski definition) is 2. The van der Waals surface area contributed by atoms with Crippen molar-refractivity contribution in [3.8, 4) is 0 Å². The van der Waals surface area contributed by atoms with Crippen molar-refractivity contribution in [1.82, 2.24) is 9.97 Å². The standard InChI is InChI=1S/C12H11N3O2/c1-2-5-13-11-9-4-3-8(12(16)17)6-10(9)14-7-15-11/h2-4,6-7H,1,5H2,(H,16,17)(H,13,14,15). The summed E-state index contributed by atoms with van der Waals surface area (Å²) in [6, 6.07) is 4.76. The molecular weight excluding hydrogens is 218 g/mol. The molecule has 0 amide bonds. The van der Waals surface area contributed by atoms with Gasteiger partial charge in [0.2, 0.25) is 0 Å². The highest BCUT2D eigenvalue weighted by atomic mass is 16.4. The highest BCUT2D eigenvalue weighted by molar-refractivity contribution is 5.96. The number of aromatic carboxylic acids is 1. The van der Waals surface area contributed by atoms with E-state index in [2.05, 4.69) is 21.9 Å². The van der Waals surface area contributed by atoms with Crippen LogP contribution in [0.5, 0.6) is 0 Å². The molecule has 0 saturated carbocycles. The number of benzene rings is 1. The molecule has 0 aliphatic heterocycles. The number of carbonyl (C=O) groups is 1. The zero-order valence-corrected chi connectivity index (χ0v) is 9.05. The van der Waals surface area contributed by atoms with Gasteiger partial charge in [-0.1, -0.05) is 6.08 Å². The summed E-state index contributed by atoms with van der Waals surface area (Å²) >= 11 is 0. The summed E-state index contributed by atoms with van der Waals surface area (Å²) in [5.41, 5.74) is 0.817. The molecule has 0 aliphatic rings. The minimum atomic E-state index is -0.967. The third-order valence-electron chi connectivity index (χ3n) is 2.30. The molecule has 0 radical (unpaired) electrons. The number of rotatable bonds is 4. The summed E-state index contributed by atoms with van der Waals surface area (Å²) in [5, 5.41) is 12.7. The van der Waals surface area contributed by atoms with Crippen molar-refractivity contribution in [2.75, 3.05) is 11.9 Å². The van der Waals surface area contributed by atoms with E-state index >= 15 is 0 Å². The maximum Gasteiger partial charge on any atom is 0.335 e. The van der Waals surface area contributed by atoms with Gasteiger partial charge in [-0.05, 0) is 18.2 Å². The third kappa shape index (κ3) is 2.23. The van der Waals surface area contributed by atoms with Crippen molar-refractivity contribution in [2.24, 2.45) is 0 Å². The molecule has 0 unspecified atom stereocenters. The number of nitrogens with one attached hydrogen (secondary N) is 1. The number of carboxylic acid groups (broad SMARTS) is 1. The number of hydrogen-bond acceptors (Lipinski definition) is 4. The van der Waals surface area contributed by atoms with Gasteiger partial charge >= 0.3 is 5.97 Å². The van der Waals surface area contributed by atoms with Crippen LogP contribution in [0.15, 0.2) is 37.2 Å². The molecule has 1 aromatic carbocycles. The lowest BCUT2D eigenvalue weighted by Gasteiger charge is -2.06. The maximum absolute atomic E-state index is 10.8. The lowest BCUT2D eigenvalue weighted by Crippen LogP contribution is -2.02. The van der Waals surface area contributed by atoms with Gasteiger partial charge in [-0.15, -0.1) is 6.58 Å². The molecule has 17 heavy (non-hydrogen) atoms. The molecule has 0 aliphatic carbocycles. The normalized spacial score (nSPS) is 10.1. The van der Waals surface area contributed by atoms with Gasteiger partial charge in [0.25, 0.3) is 0 Å². The van der Waals surface area contributed by atoms with E-state index in [0.717, 1.165) is 5.39 Å². The molecule has 0 atom stereocenters. The molecule has 2 N–H and O–H groups in total. The van der Waals surface area contributed by atoms with E-state index < -0.39 is 5.97 Å². The van der Waals surface area contributed by atoms with Crippen molar-refractivity contribution in [3.63, 3.8) is 0 Å². The highest BCUT2D eigenvalue weighted by Crippen LogP contribution is 2.20. The quantitative estimate of drug-likeness (QED) is 0.783. The minimum Gasteiger partial charge on any atom is -0.478 e. The summed E-state index contributed by atoms with van der Waals surface area (Å²) in [4.78, 5) is 19.0. The monoisotopic (exact) mass is 229 g/mol. The lowest BCUT2D eigenvalue weighted by atomic mass is 10.1. The van der Waals surface area contributed by atoms with Crippen LogP contribution >= 0.6 is 0 Å². The number of carboxylic acids is 1. The summed E-state index contributed by atoms with van der Waals surface area (Å²) in [6.07, 6.45) is 3.12. The van der Waals surface area contributed by atoms with Crippen molar-refractivity contribution >= 4 is 22.7 Å². The number of anilines is 1. The zero-order valence-electron chi connectivity index (χ0n) is 9.05. The number of nitrogens with zero attached hydrogens (tertiary/aromatic N) is 2. The molecule has 0 bridgehead atoms. The second-order valence-electron chi connectivity index (χ2n) is 3.43. The van der Waals surface area contributed by atoms with Gasteiger partial charge in [-0.25, -0.2) is 14.8 Å². The first kappa shape index (κ1) is 11.1. The molecule has 0 spiro atoms. The van der Waals surface area contributed by atoms with E-state index in [1.54, 1.807) is 12.1 Å². The Labute approximate surface area is 97.8 Å². The Morgan fingerprint density at radius 3 is 3.00 bits per heavy atom. The predicted octanol–water partition coefficient (Wildman–Crippen LogP) is 1.93. The summed E-state index contributed by atoms with van der Waals surface area (Å²) in [5.74, 6) is -0.294. The predicted molar refractivity (Wildman–Crippen MR) is 65.2 cm³/mol. The SMILES string of the molecule is C=CCNc1ncnc2cc(C(=O)O)ccc12. The van der Waals surface area contributed by atoms with Crippen LogP contribution in [0.3, 0.4) is 0 Å². The number of aromatic nitrogens is 2. The van der Waals surface area contributed by atoms with Gasteiger partial charge in [-0.2, -0.15) is 0 Å². The van der Waals surface area contributed by atoms with Crippen molar-refractivity contribution < 1.29 is 9.90 Å². The maximum atomic E-state index is 10.8. The molecule has 5 nitrogen and oxygen atoms in total. The van der Waals surface area contributed by atoms with Crippen LogP contribution in [-0.2, 0) is 0 Å². The Morgan fingerprint density at radius 1 is 1.47 bits per heavy atom. The topological polar surface area (TPSA) is 75.1 Å². The highest BCUT2D eigenvalue weighted by Gasteiger charge is 2.07. The fourth-order valence-corrected chi connectivity index (χ4v) is 1.50. The molecule has 0 saturated heterocycles. The van der Waals surface area contributed by atoms with Crippen LogP contribution in [0.1, 0.15) is 10.4 Å². The minimum absolute atomic E-state index is 0.214. The molecule has 1 heterocycles. The second-order valence-corrected chi connectivity index (χ2v) is 3.43. The second kappa shape index (κ2) is 4.61. The van der Waals surface area contributed by atoms with Crippen molar-refractivity contribution in [1.29, 1.82) is 0 Å². The average molecular weight is 229 g/mol. The largest absolute Gasteiger partial charge is 0.478 e. The Morgan fingerprint density at radius 2 is 2.29 bits per heavy atom. The van der Waals surface area contributed by atoms with Gasteiger partial charge < -0.3 is 10.4 Å². The van der Waals surface area contributed by atoms with Crippen LogP contribution in [-0.4, -0.2) is 27.6 Å². The van der Waals surface area contributed by atoms with E-state index in [1.165, 1.54) is 18.5 Å². The Kier molecular flexibility index (Phi) is 3.00. The van der Waals surface area contributed by atoms with Gasteiger partial charge in [0.05, 0.1) is 11.1 Å². The molecule has 1 aromatic heterocycles. The molecule has 0 fully saturated rings. The van der Waals surface area contributed by atoms with E-state index in [0.29, 0.717) is 17.9 Å². The molecule has 86 valence electrons. The Bertz CT molecular complexity index is 581. The molecule has 2 rings (SSSR count). The van der Waals surface area contributed by atoms with E-state index in [-0.39, 0.29) is 5.56 Å². The first-order valence-corrected chi connectivity index (χ1v) is 5.05. The third-order valence-corrected chi connectivity index (χ3v) is 2.30. The lowest BCUT2D eigenvalue weighted by molar-refractivity contribution is 0.0697. The van der Waals surface area contributed by atoms with Crippen molar-refractivity contribution in [3.05, 3.63) is 42.7 Å². The first-order chi connectivity index (χ1) is 8.22. The summed E-state index contributed by atoms with van der Waals surface area (Å²) < 4.78 is 0. The summed E-state index contributed by atoms with van der Waals surface area (Å²) in [7, 11) is 0. The van der Waals surface area contributed by atoms with E-state index in [4.69, 9.17) is 5.11 Å². The zero-order chi connectivity index (χ0) is 12.3. The van der Waals surface area contributed by atoms with E-state index in [9.17, 15) is 4.79 Å². The van der Waals surface area contributed by atoms with Gasteiger partial charge in [0.1, 0.15) is 12.1 Å². The smallest absolute Gasteiger partial charge is 0.335 e. The fourth-order valence-electron chi connectivity index (χ4n) is 1.50. The van der Waals surface area contributed by atoms with Gasteiger partial charge in [0, 0.05) is 11.9 Å². The average Bonchev–Trinajstić information content (AvgIpc) is 2.35. The van der Waals surface area contributed by atoms with Crippen LogP contribution in [0, 0.1) is 0 Å². The molecule has 5 heteroatoms. The van der Waals surface area contributed by atoms with Crippen LogP contribution in [0.2, 0.25) is 0 Å². The fraction of sp³-hybridized carbons (Fsp3) is 0.0833. The summed E-state index contributed by atoms with van der Waals surface area (Å²) in [6.45, 7) is 4.20. The van der Waals surface area contributed by atoms with Gasteiger partial charge in [0.15, 0.2) is 0 Å². The van der Waals surface area contributed by atoms with E-state index in [1.807, 2.05) is 0 Å². The van der Waals surface area contributed by atoms with Crippen LogP contribution in [0.4, 0.5) is 5.82 Å². The Balaban J connectivity index is 2.50. The van der Waals surface area contributed by atoms with Crippen molar-refractivity contribution in [2.45, 2.75) is 0 Å².